The van der Waals surface area contributed by atoms with Crippen molar-refractivity contribution in [2.75, 3.05) is 17.2 Å². The van der Waals surface area contributed by atoms with E-state index in [9.17, 15) is 9.59 Å². The van der Waals surface area contributed by atoms with E-state index in [1.807, 2.05) is 0 Å². The Morgan fingerprint density at radius 1 is 1.60 bits per heavy atom. The van der Waals surface area contributed by atoms with Crippen molar-refractivity contribution in [2.24, 2.45) is 0 Å². The van der Waals surface area contributed by atoms with E-state index in [1.165, 1.54) is 6.07 Å². The van der Waals surface area contributed by atoms with Crippen LogP contribution in [-0.2, 0) is 9.59 Å². The van der Waals surface area contributed by atoms with Crippen molar-refractivity contribution in [3.8, 4) is 5.75 Å². The molecular weight excluding hydrogens is 284 g/mol. The topological polar surface area (TPSA) is 87.7 Å². The number of rotatable bonds is 4. The number of hydrogen-bond acceptors (Lipinski definition) is 4. The van der Waals surface area contributed by atoms with Gasteiger partial charge >= 0.3 is 0 Å². The quantitative estimate of drug-likeness (QED) is 0.790. The molecule has 0 radical (unpaired) electrons. The van der Waals surface area contributed by atoms with Crippen molar-refractivity contribution in [3.05, 3.63) is 17.2 Å². The minimum atomic E-state index is -0.529. The maximum atomic E-state index is 11.7. The van der Waals surface area contributed by atoms with Gasteiger partial charge in [0.15, 0.2) is 6.61 Å². The van der Waals surface area contributed by atoms with Crippen LogP contribution in [-0.4, -0.2) is 29.6 Å². The predicted octanol–water partition coefficient (Wildman–Crippen LogP) is 1.77. The van der Waals surface area contributed by atoms with Gasteiger partial charge in [0.05, 0.1) is 22.5 Å². The standard InChI is InChI=1S/C13H15ClN2O4/c1-7(17)2-3-12(18)15-9-5-11-10(4-8(9)14)16-13(19)6-20-11/h4-5,7,17H,2-3,6H2,1H3,(H,15,18)(H,16,19). The van der Waals surface area contributed by atoms with Gasteiger partial charge in [-0.25, -0.2) is 0 Å². The van der Waals surface area contributed by atoms with Gasteiger partial charge in [-0.2, -0.15) is 0 Å². The molecule has 108 valence electrons. The number of benzene rings is 1. The van der Waals surface area contributed by atoms with Gasteiger partial charge in [0.25, 0.3) is 5.91 Å². The second kappa shape index (κ2) is 6.11. The number of carbonyl (C=O) groups excluding carboxylic acids is 2. The second-order valence-corrected chi connectivity index (χ2v) is 5.01. The van der Waals surface area contributed by atoms with Gasteiger partial charge in [-0.3, -0.25) is 9.59 Å². The van der Waals surface area contributed by atoms with Crippen LogP contribution in [0.15, 0.2) is 12.1 Å². The van der Waals surface area contributed by atoms with Gasteiger partial charge < -0.3 is 20.5 Å². The third kappa shape index (κ3) is 3.61. The average molecular weight is 299 g/mol. The predicted molar refractivity (Wildman–Crippen MR) is 75.1 cm³/mol. The van der Waals surface area contributed by atoms with Crippen molar-refractivity contribution in [1.82, 2.24) is 0 Å². The normalized spacial score (nSPS) is 14.8. The maximum Gasteiger partial charge on any atom is 0.262 e. The largest absolute Gasteiger partial charge is 0.482 e. The zero-order chi connectivity index (χ0) is 14.7. The summed E-state index contributed by atoms with van der Waals surface area (Å²) in [5.74, 6) is -0.0327. The molecule has 0 aliphatic carbocycles. The molecule has 3 N–H and O–H groups in total. The summed E-state index contributed by atoms with van der Waals surface area (Å²) in [6.45, 7) is 1.56. The fourth-order valence-corrected chi connectivity index (χ4v) is 1.96. The lowest BCUT2D eigenvalue weighted by molar-refractivity contribution is -0.119. The van der Waals surface area contributed by atoms with Crippen molar-refractivity contribution in [2.45, 2.75) is 25.9 Å². The number of amides is 2. The van der Waals surface area contributed by atoms with E-state index in [-0.39, 0.29) is 24.8 Å². The Hall–Kier alpha value is -1.79. The fourth-order valence-electron chi connectivity index (χ4n) is 1.75. The first kappa shape index (κ1) is 14.6. The molecule has 0 bridgehead atoms. The van der Waals surface area contributed by atoms with Crippen LogP contribution < -0.4 is 15.4 Å². The number of nitrogens with one attached hydrogen (secondary N) is 2. The molecule has 1 heterocycles. The Kier molecular flexibility index (Phi) is 4.46. The van der Waals surface area contributed by atoms with Crippen LogP contribution in [0, 0.1) is 0 Å². The zero-order valence-corrected chi connectivity index (χ0v) is 11.7. The van der Waals surface area contributed by atoms with E-state index in [4.69, 9.17) is 21.4 Å². The summed E-state index contributed by atoms with van der Waals surface area (Å²) >= 11 is 6.04. The van der Waals surface area contributed by atoms with Crippen LogP contribution in [0.25, 0.3) is 0 Å². The van der Waals surface area contributed by atoms with Crippen LogP contribution in [0.1, 0.15) is 19.8 Å². The second-order valence-electron chi connectivity index (χ2n) is 4.60. The Morgan fingerprint density at radius 3 is 3.05 bits per heavy atom. The number of carbonyl (C=O) groups is 2. The molecule has 1 aliphatic heterocycles. The van der Waals surface area contributed by atoms with Crippen LogP contribution in [0.3, 0.4) is 0 Å². The van der Waals surface area contributed by atoms with Gasteiger partial charge in [-0.15, -0.1) is 0 Å². The summed E-state index contributed by atoms with van der Waals surface area (Å²) < 4.78 is 5.25. The molecule has 0 fully saturated rings. The summed E-state index contributed by atoms with van der Waals surface area (Å²) in [6, 6.07) is 3.09. The minimum Gasteiger partial charge on any atom is -0.482 e. The molecule has 20 heavy (non-hydrogen) atoms. The molecule has 0 spiro atoms. The molecule has 1 aliphatic rings. The first-order chi connectivity index (χ1) is 9.45. The monoisotopic (exact) mass is 298 g/mol. The van der Waals surface area contributed by atoms with Gasteiger partial charge in [0.2, 0.25) is 5.91 Å². The molecule has 1 atom stereocenters. The van der Waals surface area contributed by atoms with Crippen LogP contribution in [0.4, 0.5) is 11.4 Å². The minimum absolute atomic E-state index is 0.0654. The number of aliphatic hydroxyl groups is 1. The summed E-state index contributed by atoms with van der Waals surface area (Å²) in [5, 5.41) is 14.7. The third-order valence-corrected chi connectivity index (χ3v) is 3.08. The lowest BCUT2D eigenvalue weighted by Gasteiger charge is -2.19. The number of hydrogen-bond donors (Lipinski definition) is 3. The lowest BCUT2D eigenvalue weighted by Crippen LogP contribution is -2.25. The Balaban J connectivity index is 2.09. The SMILES string of the molecule is CC(O)CCC(=O)Nc1cc2c(cc1Cl)NC(=O)CO2. The van der Waals surface area contributed by atoms with E-state index in [2.05, 4.69) is 10.6 Å². The number of halogens is 1. The van der Waals surface area contributed by atoms with E-state index < -0.39 is 6.10 Å². The van der Waals surface area contributed by atoms with Crippen LogP contribution >= 0.6 is 11.6 Å². The molecule has 2 rings (SSSR count). The average Bonchev–Trinajstić information content (AvgIpc) is 2.37. The summed E-state index contributed by atoms with van der Waals surface area (Å²) in [6.07, 6.45) is 0.0437. The highest BCUT2D eigenvalue weighted by Gasteiger charge is 2.19. The molecule has 0 aromatic heterocycles. The first-order valence-electron chi connectivity index (χ1n) is 6.20. The highest BCUT2D eigenvalue weighted by molar-refractivity contribution is 6.34. The van der Waals surface area contributed by atoms with E-state index >= 15 is 0 Å². The van der Waals surface area contributed by atoms with Crippen molar-refractivity contribution >= 4 is 34.8 Å². The van der Waals surface area contributed by atoms with Crippen molar-refractivity contribution in [1.29, 1.82) is 0 Å². The number of anilines is 2. The maximum absolute atomic E-state index is 11.7. The summed E-state index contributed by atoms with van der Waals surface area (Å²) in [4.78, 5) is 22.9. The number of ether oxygens (including phenoxy) is 1. The summed E-state index contributed by atoms with van der Waals surface area (Å²) in [5.41, 5.74) is 0.894. The Labute approximate surface area is 121 Å². The molecule has 0 saturated heterocycles. The third-order valence-electron chi connectivity index (χ3n) is 2.77. The number of aliphatic hydroxyl groups excluding tert-OH is 1. The van der Waals surface area contributed by atoms with Crippen LogP contribution in [0.5, 0.6) is 5.75 Å². The highest BCUT2D eigenvalue weighted by atomic mass is 35.5. The van der Waals surface area contributed by atoms with Gasteiger partial charge in [0, 0.05) is 12.5 Å². The molecular formula is C13H15ClN2O4. The summed E-state index contributed by atoms with van der Waals surface area (Å²) in [7, 11) is 0. The molecule has 2 amide bonds. The molecule has 0 saturated carbocycles. The Morgan fingerprint density at radius 2 is 2.35 bits per heavy atom. The van der Waals surface area contributed by atoms with Gasteiger partial charge in [-0.1, -0.05) is 11.6 Å². The van der Waals surface area contributed by atoms with Gasteiger partial charge in [0.1, 0.15) is 5.75 Å². The van der Waals surface area contributed by atoms with Crippen molar-refractivity contribution in [3.63, 3.8) is 0 Å². The smallest absolute Gasteiger partial charge is 0.262 e. The lowest BCUT2D eigenvalue weighted by atomic mass is 10.2. The molecule has 1 aromatic carbocycles. The van der Waals surface area contributed by atoms with E-state index in [0.717, 1.165) is 0 Å². The molecule has 7 heteroatoms. The highest BCUT2D eigenvalue weighted by Crippen LogP contribution is 2.36. The van der Waals surface area contributed by atoms with E-state index in [1.54, 1.807) is 13.0 Å². The van der Waals surface area contributed by atoms with E-state index in [0.29, 0.717) is 28.6 Å². The number of fused-ring (bicyclic) bond motifs is 1. The van der Waals surface area contributed by atoms with Gasteiger partial charge in [-0.05, 0) is 19.4 Å². The molecule has 1 aromatic rings. The molecule has 1 unspecified atom stereocenters. The zero-order valence-electron chi connectivity index (χ0n) is 10.9. The molecule has 6 nitrogen and oxygen atoms in total. The van der Waals surface area contributed by atoms with Crippen LogP contribution in [0.2, 0.25) is 5.02 Å². The first-order valence-corrected chi connectivity index (χ1v) is 6.57. The fraction of sp³-hybridized carbons (Fsp3) is 0.385. The van der Waals surface area contributed by atoms with Crippen molar-refractivity contribution < 1.29 is 19.4 Å². The Bertz CT molecular complexity index is 545.